The van der Waals surface area contributed by atoms with Crippen LogP contribution in [0.5, 0.6) is 0 Å². The van der Waals surface area contributed by atoms with E-state index in [1.807, 2.05) is 6.07 Å². The van der Waals surface area contributed by atoms with Crippen molar-refractivity contribution in [1.29, 1.82) is 0 Å². The van der Waals surface area contributed by atoms with Crippen molar-refractivity contribution in [2.45, 2.75) is 52.4 Å². The molecule has 0 saturated heterocycles. The second-order valence-corrected chi connectivity index (χ2v) is 20.2. The average Bonchev–Trinajstić information content (AvgIpc) is 4.00. The Morgan fingerprint density at radius 1 is 0.400 bits per heavy atom. The summed E-state index contributed by atoms with van der Waals surface area (Å²) in [6, 6.07) is 79.0. The molecule has 2 nitrogen and oxygen atoms in total. The Morgan fingerprint density at radius 2 is 1.00 bits per heavy atom. The van der Waals surface area contributed by atoms with E-state index >= 15 is 0 Å². The molecule has 10 aromatic carbocycles. The molecule has 1 atom stereocenters. The van der Waals surface area contributed by atoms with Crippen LogP contribution in [-0.2, 0) is 10.8 Å². The highest BCUT2D eigenvalue weighted by molar-refractivity contribution is 6.09. The van der Waals surface area contributed by atoms with E-state index in [1.54, 1.807) is 0 Å². The first-order chi connectivity index (χ1) is 34.1. The quantitative estimate of drug-likeness (QED) is 0.158. The Bertz CT molecular complexity index is 3880. The molecule has 70 heavy (non-hydrogen) atoms. The topological polar surface area (TPSA) is 16.4 Å². The molecule has 336 valence electrons. The van der Waals surface area contributed by atoms with Gasteiger partial charge in [0.1, 0.15) is 11.2 Å². The van der Waals surface area contributed by atoms with Gasteiger partial charge >= 0.3 is 0 Å². The standard InChI is InChI=1S/C68H53NO/c1-42-38-58-61(39-43(42)2)68(49-20-11-8-12-21-49,50-32-28-48(29-33-50)53-24-17-25-57-56-23-14-16-27-63(56)70-66(53)57)65-45(4)44(3)40-62(64(58)65)69(51-34-30-47(31-35-51)46-18-9-7-10-19-46)52-36-37-55-54-22-13-15-26-59(54)67(5,6)60(55)41-52/h7-41H,1-6H3. The summed E-state index contributed by atoms with van der Waals surface area (Å²) in [5, 5.41) is 2.28. The molecule has 2 heteroatoms. The number of hydrogen-bond acceptors (Lipinski definition) is 2. The van der Waals surface area contributed by atoms with Crippen molar-refractivity contribution in [3.8, 4) is 44.5 Å². The molecule has 2 aliphatic rings. The summed E-state index contributed by atoms with van der Waals surface area (Å²) in [5.74, 6) is 0. The zero-order chi connectivity index (χ0) is 47.5. The smallest absolute Gasteiger partial charge is 0.143 e. The van der Waals surface area contributed by atoms with Crippen LogP contribution in [0.3, 0.4) is 0 Å². The Morgan fingerprint density at radius 3 is 1.79 bits per heavy atom. The fourth-order valence-corrected chi connectivity index (χ4v) is 12.3. The molecule has 0 saturated carbocycles. The van der Waals surface area contributed by atoms with Crippen LogP contribution in [0.15, 0.2) is 217 Å². The lowest BCUT2D eigenvalue weighted by molar-refractivity contribution is 0.660. The van der Waals surface area contributed by atoms with Crippen molar-refractivity contribution in [3.05, 3.63) is 268 Å². The minimum absolute atomic E-state index is 0.165. The van der Waals surface area contributed by atoms with Crippen LogP contribution in [0.2, 0.25) is 0 Å². The lowest BCUT2D eigenvalue weighted by atomic mass is 9.66. The highest BCUT2D eigenvalue weighted by atomic mass is 16.3. The van der Waals surface area contributed by atoms with Gasteiger partial charge in [-0.05, 0) is 153 Å². The summed E-state index contributed by atoms with van der Waals surface area (Å²) in [6.45, 7) is 14.0. The third-order valence-corrected chi connectivity index (χ3v) is 16.0. The molecule has 0 N–H and O–H groups in total. The van der Waals surface area contributed by atoms with Gasteiger partial charge in [0.15, 0.2) is 0 Å². The molecule has 0 fully saturated rings. The normalized spacial score (nSPS) is 15.2. The molecule has 0 amide bonds. The number of aryl methyl sites for hydroxylation is 3. The molecule has 1 aromatic heterocycles. The van der Waals surface area contributed by atoms with Gasteiger partial charge in [-0.25, -0.2) is 0 Å². The van der Waals surface area contributed by atoms with E-state index in [1.165, 1.54) is 94.7 Å². The molecule has 2 aliphatic carbocycles. The number of para-hydroxylation sites is 2. The highest BCUT2D eigenvalue weighted by Crippen LogP contribution is 2.62. The van der Waals surface area contributed by atoms with E-state index in [0.29, 0.717) is 0 Å². The molecule has 0 spiro atoms. The van der Waals surface area contributed by atoms with Crippen LogP contribution in [0, 0.1) is 27.7 Å². The van der Waals surface area contributed by atoms with Crippen LogP contribution in [0.4, 0.5) is 17.1 Å². The summed E-state index contributed by atoms with van der Waals surface area (Å²) in [5.41, 5.74) is 27.2. The van der Waals surface area contributed by atoms with E-state index in [-0.39, 0.29) is 5.41 Å². The Hall–Kier alpha value is -8.20. The van der Waals surface area contributed by atoms with Gasteiger partial charge in [-0.2, -0.15) is 0 Å². The van der Waals surface area contributed by atoms with Crippen molar-refractivity contribution >= 4 is 39.0 Å². The zero-order valence-corrected chi connectivity index (χ0v) is 40.6. The third-order valence-electron chi connectivity index (χ3n) is 16.0. The van der Waals surface area contributed by atoms with Gasteiger partial charge in [-0.15, -0.1) is 0 Å². The lowest BCUT2D eigenvalue weighted by Crippen LogP contribution is -2.30. The molecule has 0 radical (unpaired) electrons. The molecular formula is C68H53NO. The van der Waals surface area contributed by atoms with Crippen molar-refractivity contribution < 1.29 is 4.42 Å². The van der Waals surface area contributed by atoms with Crippen molar-refractivity contribution in [2.75, 3.05) is 4.90 Å². The number of rotatable bonds is 7. The van der Waals surface area contributed by atoms with Gasteiger partial charge in [0.05, 0.1) is 11.1 Å². The number of anilines is 3. The summed E-state index contributed by atoms with van der Waals surface area (Å²) in [4.78, 5) is 2.55. The van der Waals surface area contributed by atoms with Gasteiger partial charge in [-0.1, -0.05) is 190 Å². The molecule has 0 aliphatic heterocycles. The minimum Gasteiger partial charge on any atom is -0.455 e. The molecule has 1 unspecified atom stereocenters. The lowest BCUT2D eigenvalue weighted by Gasteiger charge is -2.36. The number of nitrogens with zero attached hydrogens (tertiary/aromatic N) is 1. The van der Waals surface area contributed by atoms with Gasteiger partial charge < -0.3 is 9.32 Å². The fraction of sp³-hybridized carbons (Fsp3) is 0.118. The van der Waals surface area contributed by atoms with Crippen LogP contribution in [-0.4, -0.2) is 0 Å². The summed E-state index contributed by atoms with van der Waals surface area (Å²) in [7, 11) is 0. The summed E-state index contributed by atoms with van der Waals surface area (Å²) >= 11 is 0. The third kappa shape index (κ3) is 6.05. The molecular weight excluding hydrogens is 847 g/mol. The predicted molar refractivity (Wildman–Crippen MR) is 293 cm³/mol. The second kappa shape index (κ2) is 15.7. The first-order valence-corrected chi connectivity index (χ1v) is 24.7. The van der Waals surface area contributed by atoms with Gasteiger partial charge in [0, 0.05) is 38.7 Å². The van der Waals surface area contributed by atoms with Crippen molar-refractivity contribution in [3.63, 3.8) is 0 Å². The maximum Gasteiger partial charge on any atom is 0.143 e. The second-order valence-electron chi connectivity index (χ2n) is 20.2. The van der Waals surface area contributed by atoms with Crippen molar-refractivity contribution in [2.24, 2.45) is 0 Å². The SMILES string of the molecule is Cc1cc2c(cc1C)C(c1ccccc1)(c1ccc(-c3cccc4c3oc3ccccc34)cc1)c1c(C)c(C)cc(N(c3ccc(-c4ccccc4)cc3)c3ccc4c(c3)C(C)(C)c3ccccc3-4)c1-2. The average molecular weight is 900 g/mol. The van der Waals surface area contributed by atoms with E-state index in [9.17, 15) is 0 Å². The molecule has 13 rings (SSSR count). The van der Waals surface area contributed by atoms with Crippen molar-refractivity contribution in [1.82, 2.24) is 0 Å². The Labute approximate surface area is 411 Å². The Kier molecular flexibility index (Phi) is 9.39. The molecule has 1 heterocycles. The van der Waals surface area contributed by atoms with E-state index < -0.39 is 5.41 Å². The van der Waals surface area contributed by atoms with E-state index in [0.717, 1.165) is 44.4 Å². The van der Waals surface area contributed by atoms with Crippen LogP contribution in [0.25, 0.3) is 66.4 Å². The highest BCUT2D eigenvalue weighted by Gasteiger charge is 2.49. The maximum absolute atomic E-state index is 6.59. The first-order valence-electron chi connectivity index (χ1n) is 24.7. The number of furan rings is 1. The molecule has 11 aromatic rings. The van der Waals surface area contributed by atoms with Gasteiger partial charge in [0.2, 0.25) is 0 Å². The predicted octanol–water partition coefficient (Wildman–Crippen LogP) is 18.3. The zero-order valence-electron chi connectivity index (χ0n) is 40.6. The number of fused-ring (bicyclic) bond motifs is 9. The van der Waals surface area contributed by atoms with Gasteiger partial charge in [0.25, 0.3) is 0 Å². The first kappa shape index (κ1) is 41.9. The monoisotopic (exact) mass is 899 g/mol. The van der Waals surface area contributed by atoms with Crippen LogP contribution in [0.1, 0.15) is 69.5 Å². The van der Waals surface area contributed by atoms with E-state index in [2.05, 4.69) is 253 Å². The molecule has 0 bridgehead atoms. The fourth-order valence-electron chi connectivity index (χ4n) is 12.3. The van der Waals surface area contributed by atoms with Crippen LogP contribution >= 0.6 is 0 Å². The van der Waals surface area contributed by atoms with E-state index in [4.69, 9.17) is 4.42 Å². The van der Waals surface area contributed by atoms with Gasteiger partial charge in [-0.3, -0.25) is 0 Å². The van der Waals surface area contributed by atoms with Crippen LogP contribution < -0.4 is 4.90 Å². The largest absolute Gasteiger partial charge is 0.455 e. The minimum atomic E-state index is -0.635. The number of benzene rings is 10. The summed E-state index contributed by atoms with van der Waals surface area (Å²) < 4.78 is 6.59. The summed E-state index contributed by atoms with van der Waals surface area (Å²) in [6.07, 6.45) is 0. The Balaban J connectivity index is 1.08. The maximum atomic E-state index is 6.59. The number of hydrogen-bond donors (Lipinski definition) is 0.